The van der Waals surface area contributed by atoms with Crippen LogP contribution < -0.4 is 4.90 Å². The molecule has 0 amide bonds. The number of nitrogens with zero attached hydrogens (tertiary/aromatic N) is 1. The summed E-state index contributed by atoms with van der Waals surface area (Å²) in [6, 6.07) is 6.30. The fourth-order valence-corrected chi connectivity index (χ4v) is 1.45. The largest absolute Gasteiger partial charge is 0.469 e. The summed E-state index contributed by atoms with van der Waals surface area (Å²) in [5, 5.41) is 0. The molecule has 88 valence electrons. The maximum atomic E-state index is 11.0. The van der Waals surface area contributed by atoms with Crippen molar-refractivity contribution in [2.75, 3.05) is 25.6 Å². The van der Waals surface area contributed by atoms with E-state index >= 15 is 0 Å². The first-order chi connectivity index (χ1) is 7.54. The first-order valence-corrected chi connectivity index (χ1v) is 5.40. The maximum Gasteiger partial charge on any atom is 0.307 e. The van der Waals surface area contributed by atoms with E-state index in [0.29, 0.717) is 13.0 Å². The molecule has 0 aliphatic carbocycles. The van der Waals surface area contributed by atoms with Crippen LogP contribution in [0.1, 0.15) is 17.5 Å². The van der Waals surface area contributed by atoms with E-state index in [4.69, 9.17) is 0 Å². The molecule has 0 heterocycles. The Balaban J connectivity index is 2.62. The van der Waals surface area contributed by atoms with Gasteiger partial charge in [0.1, 0.15) is 0 Å². The van der Waals surface area contributed by atoms with Gasteiger partial charge in [-0.2, -0.15) is 0 Å². The summed E-state index contributed by atoms with van der Waals surface area (Å²) in [7, 11) is 3.39. The zero-order valence-corrected chi connectivity index (χ0v) is 10.4. The highest BCUT2D eigenvalue weighted by Crippen LogP contribution is 2.17. The second kappa shape index (κ2) is 5.54. The van der Waals surface area contributed by atoms with E-state index in [1.807, 2.05) is 7.05 Å². The number of carbonyl (C=O) groups excluding carboxylic acids is 1. The molecule has 0 saturated heterocycles. The molecule has 3 heteroatoms. The van der Waals surface area contributed by atoms with Crippen LogP contribution in [0.3, 0.4) is 0 Å². The van der Waals surface area contributed by atoms with Gasteiger partial charge in [0, 0.05) is 19.3 Å². The van der Waals surface area contributed by atoms with Crippen LogP contribution in [-0.2, 0) is 9.53 Å². The standard InChI is InChI=1S/C13H19NO2/c1-10-5-6-12(9-11(10)2)14(3)8-7-13(15)16-4/h5-6,9H,7-8H2,1-4H3. The number of ether oxygens (including phenoxy) is 1. The van der Waals surface area contributed by atoms with Crippen LogP contribution in [0, 0.1) is 13.8 Å². The molecule has 1 aromatic rings. The summed E-state index contributed by atoms with van der Waals surface area (Å²) in [6.45, 7) is 4.86. The van der Waals surface area contributed by atoms with Gasteiger partial charge in [-0.15, -0.1) is 0 Å². The number of anilines is 1. The van der Waals surface area contributed by atoms with Gasteiger partial charge in [0.15, 0.2) is 0 Å². The van der Waals surface area contributed by atoms with Crippen molar-refractivity contribution in [3.8, 4) is 0 Å². The minimum atomic E-state index is -0.171. The van der Waals surface area contributed by atoms with E-state index in [1.165, 1.54) is 18.2 Å². The lowest BCUT2D eigenvalue weighted by molar-refractivity contribution is -0.140. The van der Waals surface area contributed by atoms with Crippen molar-refractivity contribution in [3.05, 3.63) is 29.3 Å². The van der Waals surface area contributed by atoms with E-state index in [1.54, 1.807) is 0 Å². The highest BCUT2D eigenvalue weighted by atomic mass is 16.5. The van der Waals surface area contributed by atoms with Crippen LogP contribution in [0.4, 0.5) is 5.69 Å². The molecule has 0 saturated carbocycles. The Morgan fingerprint density at radius 2 is 2.00 bits per heavy atom. The zero-order chi connectivity index (χ0) is 12.1. The minimum Gasteiger partial charge on any atom is -0.469 e. The van der Waals surface area contributed by atoms with Gasteiger partial charge in [0.2, 0.25) is 0 Å². The summed E-state index contributed by atoms with van der Waals surface area (Å²) in [4.78, 5) is 13.1. The third-order valence-corrected chi connectivity index (χ3v) is 2.81. The molecular formula is C13H19NO2. The Labute approximate surface area is 97.0 Å². The third-order valence-electron chi connectivity index (χ3n) is 2.81. The Hall–Kier alpha value is -1.51. The van der Waals surface area contributed by atoms with Gasteiger partial charge in [0.25, 0.3) is 0 Å². The molecule has 0 fully saturated rings. The molecule has 16 heavy (non-hydrogen) atoms. The molecule has 1 aromatic carbocycles. The molecule has 0 radical (unpaired) electrons. The monoisotopic (exact) mass is 221 g/mol. The molecule has 1 rings (SSSR count). The fraction of sp³-hybridized carbons (Fsp3) is 0.462. The topological polar surface area (TPSA) is 29.5 Å². The number of benzene rings is 1. The first-order valence-electron chi connectivity index (χ1n) is 5.40. The van der Waals surface area contributed by atoms with E-state index < -0.39 is 0 Å². The Bertz CT molecular complexity index is 374. The van der Waals surface area contributed by atoms with Crippen molar-refractivity contribution in [3.63, 3.8) is 0 Å². The van der Waals surface area contributed by atoms with E-state index in [-0.39, 0.29) is 5.97 Å². The van der Waals surface area contributed by atoms with Crippen molar-refractivity contribution in [2.24, 2.45) is 0 Å². The van der Waals surface area contributed by atoms with Crippen molar-refractivity contribution in [1.82, 2.24) is 0 Å². The van der Waals surface area contributed by atoms with Gasteiger partial charge < -0.3 is 9.64 Å². The van der Waals surface area contributed by atoms with Crippen molar-refractivity contribution < 1.29 is 9.53 Å². The lowest BCUT2D eigenvalue weighted by atomic mass is 10.1. The second-order valence-corrected chi connectivity index (χ2v) is 4.02. The Kier molecular flexibility index (Phi) is 4.35. The van der Waals surface area contributed by atoms with Crippen molar-refractivity contribution in [2.45, 2.75) is 20.3 Å². The van der Waals surface area contributed by atoms with Gasteiger partial charge in [-0.05, 0) is 37.1 Å². The number of hydrogen-bond donors (Lipinski definition) is 0. The summed E-state index contributed by atoms with van der Waals surface area (Å²) in [5.41, 5.74) is 3.68. The Morgan fingerprint density at radius 1 is 1.31 bits per heavy atom. The smallest absolute Gasteiger partial charge is 0.307 e. The van der Waals surface area contributed by atoms with Crippen LogP contribution in [0.2, 0.25) is 0 Å². The number of esters is 1. The first kappa shape index (κ1) is 12.6. The number of carbonyl (C=O) groups is 1. The number of rotatable bonds is 4. The highest BCUT2D eigenvalue weighted by Gasteiger charge is 2.05. The lowest BCUT2D eigenvalue weighted by Crippen LogP contribution is -2.21. The molecule has 0 aliphatic rings. The summed E-state index contributed by atoms with van der Waals surface area (Å²) in [5.74, 6) is -0.171. The van der Waals surface area contributed by atoms with Gasteiger partial charge >= 0.3 is 5.97 Å². The average Bonchev–Trinajstić information content (AvgIpc) is 2.29. The highest BCUT2D eigenvalue weighted by molar-refractivity contribution is 5.70. The molecule has 0 atom stereocenters. The molecule has 0 unspecified atom stereocenters. The quantitative estimate of drug-likeness (QED) is 0.731. The minimum absolute atomic E-state index is 0.171. The van der Waals surface area contributed by atoms with Crippen LogP contribution in [0.15, 0.2) is 18.2 Å². The lowest BCUT2D eigenvalue weighted by Gasteiger charge is -2.19. The summed E-state index contributed by atoms with van der Waals surface area (Å²) >= 11 is 0. The SMILES string of the molecule is COC(=O)CCN(C)c1ccc(C)c(C)c1. The molecule has 0 N–H and O–H groups in total. The number of aryl methyl sites for hydroxylation is 2. The van der Waals surface area contributed by atoms with Crippen LogP contribution >= 0.6 is 0 Å². The van der Waals surface area contributed by atoms with Crippen molar-refractivity contribution >= 4 is 11.7 Å². The molecular weight excluding hydrogens is 202 g/mol. The van der Waals surface area contributed by atoms with Crippen LogP contribution in [0.25, 0.3) is 0 Å². The van der Waals surface area contributed by atoms with Gasteiger partial charge in [-0.3, -0.25) is 4.79 Å². The number of methoxy groups -OCH3 is 1. The summed E-state index contributed by atoms with van der Waals surface area (Å²) in [6.07, 6.45) is 0.417. The normalized spacial score (nSPS) is 10.0. The van der Waals surface area contributed by atoms with Gasteiger partial charge in [0.05, 0.1) is 13.5 Å². The predicted molar refractivity (Wildman–Crippen MR) is 65.8 cm³/mol. The van der Waals surface area contributed by atoms with Crippen molar-refractivity contribution in [1.29, 1.82) is 0 Å². The third kappa shape index (κ3) is 3.26. The van der Waals surface area contributed by atoms with E-state index in [0.717, 1.165) is 5.69 Å². The molecule has 0 aromatic heterocycles. The summed E-state index contributed by atoms with van der Waals surface area (Å²) < 4.78 is 4.61. The fourth-order valence-electron chi connectivity index (χ4n) is 1.45. The second-order valence-electron chi connectivity index (χ2n) is 4.02. The average molecular weight is 221 g/mol. The molecule has 0 spiro atoms. The van der Waals surface area contributed by atoms with Gasteiger partial charge in [-0.1, -0.05) is 6.07 Å². The van der Waals surface area contributed by atoms with E-state index in [2.05, 4.69) is 41.7 Å². The van der Waals surface area contributed by atoms with E-state index in [9.17, 15) is 4.79 Å². The zero-order valence-electron chi connectivity index (χ0n) is 10.4. The van der Waals surface area contributed by atoms with Crippen LogP contribution in [0.5, 0.6) is 0 Å². The predicted octanol–water partition coefficient (Wildman–Crippen LogP) is 2.30. The van der Waals surface area contributed by atoms with Gasteiger partial charge in [-0.25, -0.2) is 0 Å². The molecule has 0 aliphatic heterocycles. The molecule has 3 nitrogen and oxygen atoms in total. The number of hydrogen-bond acceptors (Lipinski definition) is 3. The Morgan fingerprint density at radius 3 is 2.56 bits per heavy atom. The van der Waals surface area contributed by atoms with Crippen LogP contribution in [-0.4, -0.2) is 26.7 Å². The maximum absolute atomic E-state index is 11.0. The molecule has 0 bridgehead atoms.